The van der Waals surface area contributed by atoms with E-state index in [9.17, 15) is 4.79 Å². The van der Waals surface area contributed by atoms with Gasteiger partial charge in [0.05, 0.1) is 0 Å². The molecule has 0 fully saturated rings. The Morgan fingerprint density at radius 2 is 1.80 bits per heavy atom. The summed E-state index contributed by atoms with van der Waals surface area (Å²) >= 11 is 0. The molecule has 0 saturated heterocycles. The standard InChI is InChI=1S/C15H16N2O3/c16-15(18)11-19-17-10-12-5-4-8-14(9-12)20-13-6-2-1-3-7-13/h1-9,17H,10-11H2,(H2,16,18). The van der Waals surface area contributed by atoms with Crippen LogP contribution in [0, 0.1) is 0 Å². The third kappa shape index (κ3) is 4.72. The van der Waals surface area contributed by atoms with Crippen LogP contribution in [0.1, 0.15) is 5.56 Å². The van der Waals surface area contributed by atoms with Gasteiger partial charge in [0.2, 0.25) is 5.91 Å². The van der Waals surface area contributed by atoms with Gasteiger partial charge >= 0.3 is 0 Å². The van der Waals surface area contributed by atoms with E-state index in [1.54, 1.807) is 0 Å². The number of nitrogens with two attached hydrogens (primary N) is 1. The molecule has 0 bridgehead atoms. The number of amides is 1. The SMILES string of the molecule is NC(=O)CONCc1cccc(Oc2ccccc2)c1. The van der Waals surface area contributed by atoms with Crippen LogP contribution in [0.25, 0.3) is 0 Å². The molecule has 0 radical (unpaired) electrons. The lowest BCUT2D eigenvalue weighted by Gasteiger charge is -2.08. The van der Waals surface area contributed by atoms with Crippen molar-refractivity contribution in [3.05, 3.63) is 60.2 Å². The predicted molar refractivity (Wildman–Crippen MR) is 74.9 cm³/mol. The van der Waals surface area contributed by atoms with Gasteiger partial charge in [0.15, 0.2) is 0 Å². The fourth-order valence-corrected chi connectivity index (χ4v) is 1.60. The van der Waals surface area contributed by atoms with Crippen LogP contribution in [-0.4, -0.2) is 12.5 Å². The normalized spacial score (nSPS) is 10.2. The maximum absolute atomic E-state index is 10.5. The third-order valence-electron chi connectivity index (χ3n) is 2.47. The monoisotopic (exact) mass is 272 g/mol. The molecule has 0 aliphatic heterocycles. The van der Waals surface area contributed by atoms with E-state index in [4.69, 9.17) is 15.3 Å². The summed E-state index contributed by atoms with van der Waals surface area (Å²) < 4.78 is 5.72. The Labute approximate surface area is 117 Å². The fourth-order valence-electron chi connectivity index (χ4n) is 1.60. The number of hydroxylamine groups is 1. The van der Waals surface area contributed by atoms with E-state index in [2.05, 4.69) is 5.48 Å². The fraction of sp³-hybridized carbons (Fsp3) is 0.133. The number of carbonyl (C=O) groups excluding carboxylic acids is 1. The summed E-state index contributed by atoms with van der Waals surface area (Å²) in [6.07, 6.45) is 0. The van der Waals surface area contributed by atoms with Crippen LogP contribution >= 0.6 is 0 Å². The minimum Gasteiger partial charge on any atom is -0.457 e. The Balaban J connectivity index is 1.89. The van der Waals surface area contributed by atoms with Crippen molar-refractivity contribution >= 4 is 5.91 Å². The predicted octanol–water partition coefficient (Wildman–Crippen LogP) is 1.99. The number of benzene rings is 2. The van der Waals surface area contributed by atoms with Gasteiger partial charge in [-0.1, -0.05) is 30.3 Å². The van der Waals surface area contributed by atoms with E-state index >= 15 is 0 Å². The van der Waals surface area contributed by atoms with Gasteiger partial charge in [-0.15, -0.1) is 0 Å². The first-order valence-corrected chi connectivity index (χ1v) is 6.19. The van der Waals surface area contributed by atoms with E-state index in [0.29, 0.717) is 6.54 Å². The van der Waals surface area contributed by atoms with Crippen LogP contribution in [-0.2, 0) is 16.2 Å². The van der Waals surface area contributed by atoms with Crippen LogP contribution in [0.2, 0.25) is 0 Å². The molecule has 1 amide bonds. The molecule has 0 aromatic heterocycles. The molecular formula is C15H16N2O3. The molecule has 104 valence electrons. The van der Waals surface area contributed by atoms with Crippen molar-refractivity contribution < 1.29 is 14.4 Å². The van der Waals surface area contributed by atoms with Crippen molar-refractivity contribution in [2.75, 3.05) is 6.61 Å². The minimum absolute atomic E-state index is 0.153. The molecule has 5 nitrogen and oxygen atoms in total. The molecule has 2 aromatic carbocycles. The molecule has 0 heterocycles. The second kappa shape index (κ2) is 7.28. The Kier molecular flexibility index (Phi) is 5.11. The van der Waals surface area contributed by atoms with Crippen LogP contribution in [0.3, 0.4) is 0 Å². The quantitative estimate of drug-likeness (QED) is 0.597. The zero-order chi connectivity index (χ0) is 14.2. The van der Waals surface area contributed by atoms with Gasteiger partial charge in [-0.25, -0.2) is 0 Å². The summed E-state index contributed by atoms with van der Waals surface area (Å²) in [5.41, 5.74) is 8.60. The van der Waals surface area contributed by atoms with Gasteiger partial charge < -0.3 is 10.5 Å². The first kappa shape index (κ1) is 14.0. The first-order valence-electron chi connectivity index (χ1n) is 6.19. The largest absolute Gasteiger partial charge is 0.457 e. The smallest absolute Gasteiger partial charge is 0.245 e. The zero-order valence-electron chi connectivity index (χ0n) is 10.9. The molecule has 0 saturated carbocycles. The van der Waals surface area contributed by atoms with Crippen molar-refractivity contribution in [2.24, 2.45) is 5.73 Å². The van der Waals surface area contributed by atoms with Gasteiger partial charge in [-0.2, -0.15) is 5.48 Å². The van der Waals surface area contributed by atoms with Gasteiger partial charge in [-0.05, 0) is 29.8 Å². The zero-order valence-corrected chi connectivity index (χ0v) is 10.9. The van der Waals surface area contributed by atoms with E-state index in [-0.39, 0.29) is 6.61 Å². The minimum atomic E-state index is -0.515. The van der Waals surface area contributed by atoms with E-state index < -0.39 is 5.91 Å². The summed E-state index contributed by atoms with van der Waals surface area (Å²) in [6.45, 7) is 0.305. The Morgan fingerprint density at radius 3 is 2.55 bits per heavy atom. The van der Waals surface area contributed by atoms with Crippen LogP contribution < -0.4 is 16.0 Å². The number of ether oxygens (including phenoxy) is 1. The van der Waals surface area contributed by atoms with Gasteiger partial charge in [0, 0.05) is 6.54 Å². The molecule has 0 aliphatic rings. The third-order valence-corrected chi connectivity index (χ3v) is 2.47. The lowest BCUT2D eigenvalue weighted by Crippen LogP contribution is -2.24. The van der Waals surface area contributed by atoms with Crippen LogP contribution in [0.4, 0.5) is 0 Å². The Morgan fingerprint density at radius 1 is 1.05 bits per heavy atom. The summed E-state index contributed by atoms with van der Waals surface area (Å²) in [5, 5.41) is 0. The summed E-state index contributed by atoms with van der Waals surface area (Å²) in [5.74, 6) is 1.01. The number of hydrogen-bond acceptors (Lipinski definition) is 4. The van der Waals surface area contributed by atoms with Crippen molar-refractivity contribution in [3.8, 4) is 11.5 Å². The summed E-state index contributed by atoms with van der Waals surface area (Å²) in [7, 11) is 0. The second-order valence-electron chi connectivity index (χ2n) is 4.14. The number of nitrogens with one attached hydrogen (secondary N) is 1. The molecular weight excluding hydrogens is 256 g/mol. The average molecular weight is 272 g/mol. The van der Waals surface area contributed by atoms with E-state index in [1.807, 2.05) is 54.6 Å². The molecule has 2 aromatic rings. The van der Waals surface area contributed by atoms with E-state index in [1.165, 1.54) is 0 Å². The lowest BCUT2D eigenvalue weighted by atomic mass is 10.2. The highest BCUT2D eigenvalue weighted by Crippen LogP contribution is 2.21. The van der Waals surface area contributed by atoms with Crippen LogP contribution in [0.15, 0.2) is 54.6 Å². The maximum Gasteiger partial charge on any atom is 0.245 e. The highest BCUT2D eigenvalue weighted by Gasteiger charge is 1.99. The molecule has 0 aliphatic carbocycles. The topological polar surface area (TPSA) is 73.6 Å². The van der Waals surface area contributed by atoms with Gasteiger partial charge in [0.25, 0.3) is 0 Å². The Bertz CT molecular complexity index is 558. The molecule has 0 spiro atoms. The maximum atomic E-state index is 10.5. The van der Waals surface area contributed by atoms with Gasteiger partial charge in [0.1, 0.15) is 18.1 Å². The van der Waals surface area contributed by atoms with Gasteiger partial charge in [-0.3, -0.25) is 9.63 Å². The lowest BCUT2D eigenvalue weighted by molar-refractivity contribution is -0.125. The summed E-state index contributed by atoms with van der Waals surface area (Å²) in [4.78, 5) is 15.4. The number of primary amides is 1. The van der Waals surface area contributed by atoms with Crippen molar-refractivity contribution in [3.63, 3.8) is 0 Å². The number of carbonyl (C=O) groups is 1. The number of hydrogen-bond donors (Lipinski definition) is 2. The molecule has 3 N–H and O–H groups in total. The number of para-hydroxylation sites is 1. The summed E-state index contributed by atoms with van der Waals surface area (Å²) in [6, 6.07) is 17.1. The Hall–Kier alpha value is -2.37. The number of rotatable bonds is 7. The van der Waals surface area contributed by atoms with Crippen molar-refractivity contribution in [1.29, 1.82) is 0 Å². The highest BCUT2D eigenvalue weighted by molar-refractivity contribution is 5.74. The average Bonchev–Trinajstić information content (AvgIpc) is 2.45. The van der Waals surface area contributed by atoms with Crippen molar-refractivity contribution in [2.45, 2.75) is 6.54 Å². The van der Waals surface area contributed by atoms with Crippen molar-refractivity contribution in [1.82, 2.24) is 5.48 Å². The molecule has 0 unspecified atom stereocenters. The molecule has 2 rings (SSSR count). The molecule has 20 heavy (non-hydrogen) atoms. The first-order chi connectivity index (χ1) is 9.74. The molecule has 0 atom stereocenters. The highest BCUT2D eigenvalue weighted by atomic mass is 16.6. The molecule has 5 heteroatoms. The van der Waals surface area contributed by atoms with E-state index in [0.717, 1.165) is 17.1 Å². The van der Waals surface area contributed by atoms with Crippen LogP contribution in [0.5, 0.6) is 11.5 Å². The second-order valence-corrected chi connectivity index (χ2v) is 4.14.